The van der Waals surface area contributed by atoms with Crippen LogP contribution in [-0.2, 0) is 0 Å². The van der Waals surface area contributed by atoms with E-state index >= 15 is 0 Å². The van der Waals surface area contributed by atoms with Crippen molar-refractivity contribution in [3.63, 3.8) is 0 Å². The number of aromatic nitrogens is 2. The third-order valence-corrected chi connectivity index (χ3v) is 3.92. The number of nitrogens with zero attached hydrogens (tertiary/aromatic N) is 3. The molecular weight excluding hydrogens is 256 g/mol. The first-order chi connectivity index (χ1) is 9.69. The highest BCUT2D eigenvalue weighted by Gasteiger charge is 2.29. The summed E-state index contributed by atoms with van der Waals surface area (Å²) in [5.74, 6) is 1.76. The zero-order chi connectivity index (χ0) is 14.5. The van der Waals surface area contributed by atoms with Crippen molar-refractivity contribution in [3.05, 3.63) is 6.07 Å². The maximum atomic E-state index is 5.24. The third-order valence-electron chi connectivity index (χ3n) is 3.92. The van der Waals surface area contributed by atoms with Gasteiger partial charge in [0.2, 0.25) is 17.7 Å². The Bertz CT molecular complexity index is 419. The lowest BCUT2D eigenvalue weighted by atomic mass is 9.97. The first-order valence-corrected chi connectivity index (χ1v) is 7.10. The van der Waals surface area contributed by atoms with Gasteiger partial charge in [-0.05, 0) is 33.2 Å². The molecule has 0 saturated carbocycles. The molecule has 1 aliphatic heterocycles. The lowest BCUT2D eigenvalue weighted by Gasteiger charge is -2.39. The molecule has 0 bridgehead atoms. The van der Waals surface area contributed by atoms with Crippen molar-refractivity contribution < 1.29 is 9.47 Å². The predicted molar refractivity (Wildman–Crippen MR) is 78.6 cm³/mol. The van der Waals surface area contributed by atoms with Crippen LogP contribution in [0, 0.1) is 0 Å². The van der Waals surface area contributed by atoms with Crippen molar-refractivity contribution >= 4 is 5.95 Å². The van der Waals surface area contributed by atoms with Gasteiger partial charge in [-0.2, -0.15) is 9.97 Å². The molecule has 1 aromatic rings. The minimum Gasteiger partial charge on any atom is -0.481 e. The number of likely N-dealkylation sites (N-methyl/N-ethyl adjacent to an activating group) is 1. The highest BCUT2D eigenvalue weighted by Crippen LogP contribution is 2.27. The van der Waals surface area contributed by atoms with Crippen molar-refractivity contribution in [2.45, 2.75) is 38.3 Å². The number of piperidine rings is 1. The number of hydrogen-bond acceptors (Lipinski definition) is 6. The number of hydrogen-bond donors (Lipinski definition) is 1. The lowest BCUT2D eigenvalue weighted by Crippen LogP contribution is -2.51. The second kappa shape index (κ2) is 6.74. The van der Waals surface area contributed by atoms with Crippen LogP contribution in [0.3, 0.4) is 0 Å². The van der Waals surface area contributed by atoms with Gasteiger partial charge < -0.3 is 19.7 Å². The summed E-state index contributed by atoms with van der Waals surface area (Å²) in [4.78, 5) is 11.2. The molecule has 20 heavy (non-hydrogen) atoms. The Morgan fingerprint density at radius 2 is 1.90 bits per heavy atom. The predicted octanol–water partition coefficient (Wildman–Crippen LogP) is 1.46. The number of nitrogens with one attached hydrogen (secondary N) is 1. The van der Waals surface area contributed by atoms with E-state index in [9.17, 15) is 0 Å². The summed E-state index contributed by atoms with van der Waals surface area (Å²) < 4.78 is 10.5. The Morgan fingerprint density at radius 3 is 2.45 bits per heavy atom. The van der Waals surface area contributed by atoms with Crippen molar-refractivity contribution in [2.24, 2.45) is 0 Å². The van der Waals surface area contributed by atoms with Gasteiger partial charge in [0, 0.05) is 18.6 Å². The Morgan fingerprint density at radius 1 is 1.25 bits per heavy atom. The van der Waals surface area contributed by atoms with Crippen molar-refractivity contribution in [1.82, 2.24) is 15.3 Å². The molecule has 6 heteroatoms. The average molecular weight is 280 g/mol. The molecule has 0 amide bonds. The molecule has 112 valence electrons. The van der Waals surface area contributed by atoms with Gasteiger partial charge in [-0.15, -0.1) is 0 Å². The van der Waals surface area contributed by atoms with E-state index in [1.807, 2.05) is 7.05 Å². The van der Waals surface area contributed by atoms with E-state index in [1.54, 1.807) is 20.3 Å². The molecule has 2 rings (SSSR count). The molecule has 1 aromatic heterocycles. The van der Waals surface area contributed by atoms with Gasteiger partial charge in [0.25, 0.3) is 0 Å². The van der Waals surface area contributed by atoms with Gasteiger partial charge in [-0.3, -0.25) is 0 Å². The molecular formula is C14H24N4O2. The van der Waals surface area contributed by atoms with Crippen LogP contribution in [0.2, 0.25) is 0 Å². The van der Waals surface area contributed by atoms with Crippen LogP contribution in [-0.4, -0.2) is 49.9 Å². The van der Waals surface area contributed by atoms with Gasteiger partial charge in [-0.25, -0.2) is 0 Å². The quantitative estimate of drug-likeness (QED) is 0.881. The van der Waals surface area contributed by atoms with Crippen LogP contribution in [0.15, 0.2) is 6.07 Å². The Hall–Kier alpha value is -1.56. The zero-order valence-electron chi connectivity index (χ0n) is 12.7. The monoisotopic (exact) mass is 280 g/mol. The second-order valence-corrected chi connectivity index (χ2v) is 5.09. The maximum absolute atomic E-state index is 5.24. The minimum atomic E-state index is 0.385. The van der Waals surface area contributed by atoms with Crippen LogP contribution in [0.1, 0.15) is 26.2 Å². The Balaban J connectivity index is 2.31. The van der Waals surface area contributed by atoms with Crippen molar-refractivity contribution in [3.8, 4) is 11.8 Å². The number of rotatable bonds is 5. The van der Waals surface area contributed by atoms with E-state index in [0.717, 1.165) is 19.4 Å². The smallest absolute Gasteiger partial charge is 0.232 e. The summed E-state index contributed by atoms with van der Waals surface area (Å²) in [6.07, 6.45) is 3.55. The van der Waals surface area contributed by atoms with Crippen LogP contribution < -0.4 is 19.7 Å². The lowest BCUT2D eigenvalue weighted by molar-refractivity contribution is 0.356. The van der Waals surface area contributed by atoms with Crippen LogP contribution in [0.4, 0.5) is 5.95 Å². The summed E-state index contributed by atoms with van der Waals surface area (Å²) in [6.45, 7) is 3.16. The molecule has 0 aliphatic carbocycles. The van der Waals surface area contributed by atoms with Crippen LogP contribution in [0.5, 0.6) is 11.8 Å². The van der Waals surface area contributed by atoms with Crippen molar-refractivity contribution in [2.75, 3.05) is 32.7 Å². The fourth-order valence-corrected chi connectivity index (χ4v) is 2.65. The van der Waals surface area contributed by atoms with Crippen molar-refractivity contribution in [1.29, 1.82) is 0 Å². The van der Waals surface area contributed by atoms with E-state index < -0.39 is 0 Å². The minimum absolute atomic E-state index is 0.385. The van der Waals surface area contributed by atoms with E-state index in [2.05, 4.69) is 27.1 Å². The first kappa shape index (κ1) is 14.8. The van der Waals surface area contributed by atoms with Crippen LogP contribution in [0.25, 0.3) is 0 Å². The van der Waals surface area contributed by atoms with Gasteiger partial charge >= 0.3 is 0 Å². The summed E-state index contributed by atoms with van der Waals surface area (Å²) in [6, 6.07) is 2.48. The molecule has 1 saturated heterocycles. The Labute approximate surface area is 120 Å². The standard InChI is InChI=1S/C14H24N4O2/c1-10(15-2)11-7-5-6-8-18(11)14-16-12(19-3)9-13(17-14)20-4/h9-11,15H,5-8H2,1-4H3. The highest BCUT2D eigenvalue weighted by atomic mass is 16.5. The average Bonchev–Trinajstić information content (AvgIpc) is 2.53. The van der Waals surface area contributed by atoms with Gasteiger partial charge in [0.15, 0.2) is 0 Å². The molecule has 0 spiro atoms. The molecule has 0 radical (unpaired) electrons. The number of anilines is 1. The van der Waals surface area contributed by atoms with E-state index in [-0.39, 0.29) is 0 Å². The van der Waals surface area contributed by atoms with E-state index in [4.69, 9.17) is 9.47 Å². The zero-order valence-corrected chi connectivity index (χ0v) is 12.7. The summed E-state index contributed by atoms with van der Waals surface area (Å²) >= 11 is 0. The Kier molecular flexibility index (Phi) is 5.00. The van der Waals surface area contributed by atoms with E-state index in [1.165, 1.54) is 6.42 Å². The molecule has 0 aromatic carbocycles. The SMILES string of the molecule is CNC(C)C1CCCCN1c1nc(OC)cc(OC)n1. The normalized spacial score (nSPS) is 20.6. The maximum Gasteiger partial charge on any atom is 0.232 e. The fourth-order valence-electron chi connectivity index (χ4n) is 2.65. The molecule has 1 fully saturated rings. The van der Waals surface area contributed by atoms with E-state index in [0.29, 0.717) is 29.8 Å². The second-order valence-electron chi connectivity index (χ2n) is 5.09. The van der Waals surface area contributed by atoms with Crippen LogP contribution >= 0.6 is 0 Å². The largest absolute Gasteiger partial charge is 0.481 e. The van der Waals surface area contributed by atoms with Gasteiger partial charge in [0.1, 0.15) is 0 Å². The summed E-state index contributed by atoms with van der Waals surface area (Å²) in [7, 11) is 5.20. The summed E-state index contributed by atoms with van der Waals surface area (Å²) in [5, 5.41) is 3.33. The van der Waals surface area contributed by atoms with Gasteiger partial charge in [-0.1, -0.05) is 0 Å². The molecule has 2 unspecified atom stereocenters. The molecule has 2 atom stereocenters. The number of ether oxygens (including phenoxy) is 2. The molecule has 1 N–H and O–H groups in total. The van der Waals surface area contributed by atoms with Gasteiger partial charge in [0.05, 0.1) is 20.3 Å². The molecule has 6 nitrogen and oxygen atoms in total. The topological polar surface area (TPSA) is 59.5 Å². The number of methoxy groups -OCH3 is 2. The highest BCUT2D eigenvalue weighted by molar-refractivity contribution is 5.39. The molecule has 1 aliphatic rings. The summed E-state index contributed by atoms with van der Waals surface area (Å²) in [5.41, 5.74) is 0. The molecule has 2 heterocycles. The third kappa shape index (κ3) is 3.12. The fraction of sp³-hybridized carbons (Fsp3) is 0.714. The first-order valence-electron chi connectivity index (χ1n) is 7.10.